The van der Waals surface area contributed by atoms with Crippen molar-refractivity contribution in [1.29, 1.82) is 0 Å². The average Bonchev–Trinajstić information content (AvgIpc) is 2.71. The van der Waals surface area contributed by atoms with Gasteiger partial charge in [0.05, 0.1) is 0 Å². The van der Waals surface area contributed by atoms with Crippen LogP contribution >= 0.6 is 0 Å². The number of nitrogens with two attached hydrogens (primary N) is 1. The van der Waals surface area contributed by atoms with Gasteiger partial charge in [0.25, 0.3) is 0 Å². The highest BCUT2D eigenvalue weighted by Crippen LogP contribution is 2.35. The van der Waals surface area contributed by atoms with Gasteiger partial charge in [-0.1, -0.05) is 18.2 Å². The number of halogens is 1. The van der Waals surface area contributed by atoms with Gasteiger partial charge < -0.3 is 5.73 Å². The van der Waals surface area contributed by atoms with E-state index in [0.717, 1.165) is 25.1 Å². The third kappa shape index (κ3) is 2.50. The fraction of sp³-hybridized carbons (Fsp3) is 0.571. The number of nitrogens with zero attached hydrogens (tertiary/aromatic N) is 1. The molecular formula is C14H21FN2. The number of likely N-dealkylation sites (tertiary alicyclic amines) is 1. The van der Waals surface area contributed by atoms with Gasteiger partial charge in [-0.3, -0.25) is 4.90 Å². The van der Waals surface area contributed by atoms with E-state index < -0.39 is 0 Å². The van der Waals surface area contributed by atoms with E-state index in [1.165, 1.54) is 11.1 Å². The molecule has 1 aliphatic heterocycles. The van der Waals surface area contributed by atoms with E-state index in [9.17, 15) is 4.39 Å². The van der Waals surface area contributed by atoms with Gasteiger partial charge in [0.2, 0.25) is 0 Å². The summed E-state index contributed by atoms with van der Waals surface area (Å²) in [6, 6.07) is 6.30. The van der Waals surface area contributed by atoms with Crippen LogP contribution < -0.4 is 5.73 Å². The van der Waals surface area contributed by atoms with E-state index in [1.54, 1.807) is 0 Å². The van der Waals surface area contributed by atoms with E-state index in [-0.39, 0.29) is 6.67 Å². The van der Waals surface area contributed by atoms with E-state index in [4.69, 9.17) is 5.73 Å². The molecule has 2 nitrogen and oxygen atoms in total. The summed E-state index contributed by atoms with van der Waals surface area (Å²) in [7, 11) is 2.13. The van der Waals surface area contributed by atoms with Crippen LogP contribution in [0.5, 0.6) is 0 Å². The van der Waals surface area contributed by atoms with Gasteiger partial charge in [0.1, 0.15) is 6.67 Å². The summed E-state index contributed by atoms with van der Waals surface area (Å²) in [4.78, 5) is 2.34. The van der Waals surface area contributed by atoms with E-state index in [1.807, 2.05) is 18.2 Å². The van der Waals surface area contributed by atoms with Gasteiger partial charge in [-0.25, -0.2) is 4.39 Å². The van der Waals surface area contributed by atoms with E-state index in [0.29, 0.717) is 12.0 Å². The Morgan fingerprint density at radius 2 is 2.24 bits per heavy atom. The maximum Gasteiger partial charge on any atom is 0.115 e. The smallest absolute Gasteiger partial charge is 0.115 e. The molecule has 2 rings (SSSR count). The van der Waals surface area contributed by atoms with Crippen molar-refractivity contribution in [1.82, 2.24) is 4.90 Å². The largest absolute Gasteiger partial charge is 0.330 e. The fourth-order valence-electron chi connectivity index (χ4n) is 2.77. The second kappa shape index (κ2) is 5.15. The lowest BCUT2D eigenvalue weighted by molar-refractivity contribution is 0.312. The Hall–Kier alpha value is -0.930. The normalized spacial score (nSPS) is 25.4. The Balaban J connectivity index is 2.27. The maximum atomic E-state index is 12.7. The van der Waals surface area contributed by atoms with Gasteiger partial charge in [0, 0.05) is 12.6 Å². The molecule has 94 valence electrons. The number of benzene rings is 1. The molecule has 3 heteroatoms. The summed E-state index contributed by atoms with van der Waals surface area (Å²) < 4.78 is 12.7. The summed E-state index contributed by atoms with van der Waals surface area (Å²) in [5, 5.41) is 0. The molecule has 0 radical (unpaired) electrons. The zero-order valence-corrected chi connectivity index (χ0v) is 10.6. The first kappa shape index (κ1) is 12.5. The van der Waals surface area contributed by atoms with E-state index >= 15 is 0 Å². The highest BCUT2D eigenvalue weighted by atomic mass is 19.1. The molecule has 1 aliphatic rings. The molecule has 0 amide bonds. The van der Waals surface area contributed by atoms with Gasteiger partial charge in [0.15, 0.2) is 0 Å². The van der Waals surface area contributed by atoms with Crippen molar-refractivity contribution in [2.45, 2.75) is 26.1 Å². The summed E-state index contributed by atoms with van der Waals surface area (Å²) >= 11 is 0. The molecule has 2 N–H and O–H groups in total. The topological polar surface area (TPSA) is 29.3 Å². The molecule has 1 saturated heterocycles. The Kier molecular flexibility index (Phi) is 3.79. The lowest BCUT2D eigenvalue weighted by Gasteiger charge is -2.22. The molecule has 1 fully saturated rings. The first-order chi connectivity index (χ1) is 8.15. The summed E-state index contributed by atoms with van der Waals surface area (Å²) in [6.07, 6.45) is 1.09. The molecule has 0 bridgehead atoms. The lowest BCUT2D eigenvalue weighted by atomic mass is 9.95. The van der Waals surface area contributed by atoms with Crippen LogP contribution in [0.2, 0.25) is 0 Å². The van der Waals surface area contributed by atoms with Crippen molar-refractivity contribution in [2.75, 3.05) is 20.1 Å². The number of rotatable bonds is 3. The van der Waals surface area contributed by atoms with Crippen molar-refractivity contribution in [2.24, 2.45) is 11.7 Å². The number of hydrogen-bond donors (Lipinski definition) is 1. The third-order valence-electron chi connectivity index (χ3n) is 3.83. The van der Waals surface area contributed by atoms with Crippen LogP contribution in [0.1, 0.15) is 29.2 Å². The summed E-state index contributed by atoms with van der Waals surface area (Å²) in [5.74, 6) is 0.568. The first-order valence-electron chi connectivity index (χ1n) is 6.21. The standard InChI is InChI=1S/C14H21FN2/c1-10-3-4-11(7-15)5-13(10)14-6-12(8-16)9-17(14)2/h3-5,12,14H,6-9,16H2,1-2H3. The number of aryl methyl sites for hydroxylation is 1. The Labute approximate surface area is 103 Å². The number of alkyl halides is 1. The van der Waals surface area contributed by atoms with Gasteiger partial charge in [-0.05, 0) is 49.5 Å². The van der Waals surface area contributed by atoms with Crippen LogP contribution in [0, 0.1) is 12.8 Å². The lowest BCUT2D eigenvalue weighted by Crippen LogP contribution is -2.21. The van der Waals surface area contributed by atoms with Crippen molar-refractivity contribution in [3.05, 3.63) is 34.9 Å². The summed E-state index contributed by atoms with van der Waals surface area (Å²) in [6.45, 7) is 3.49. The average molecular weight is 236 g/mol. The molecule has 1 heterocycles. The predicted molar refractivity (Wildman–Crippen MR) is 68.5 cm³/mol. The SMILES string of the molecule is Cc1ccc(CF)cc1C1CC(CN)CN1C. The zero-order chi connectivity index (χ0) is 12.4. The van der Waals surface area contributed by atoms with Crippen LogP contribution in [0.25, 0.3) is 0 Å². The van der Waals surface area contributed by atoms with Crippen molar-refractivity contribution >= 4 is 0 Å². The Morgan fingerprint density at radius 1 is 1.47 bits per heavy atom. The first-order valence-corrected chi connectivity index (χ1v) is 6.21. The van der Waals surface area contributed by atoms with Crippen molar-refractivity contribution < 1.29 is 4.39 Å². The highest BCUT2D eigenvalue weighted by Gasteiger charge is 2.30. The quantitative estimate of drug-likeness (QED) is 0.873. The van der Waals surface area contributed by atoms with E-state index in [2.05, 4.69) is 18.9 Å². The van der Waals surface area contributed by atoms with Crippen molar-refractivity contribution in [3.8, 4) is 0 Å². The minimum absolute atomic E-state index is 0.385. The predicted octanol–water partition coefficient (Wildman–Crippen LogP) is 2.42. The van der Waals surface area contributed by atoms with Crippen LogP contribution in [0.15, 0.2) is 18.2 Å². The van der Waals surface area contributed by atoms with Gasteiger partial charge >= 0.3 is 0 Å². The highest BCUT2D eigenvalue weighted by molar-refractivity contribution is 5.34. The van der Waals surface area contributed by atoms with Crippen LogP contribution in [-0.4, -0.2) is 25.0 Å². The minimum Gasteiger partial charge on any atom is -0.330 e. The third-order valence-corrected chi connectivity index (χ3v) is 3.83. The molecule has 2 unspecified atom stereocenters. The Bertz CT molecular complexity index is 392. The fourth-order valence-corrected chi connectivity index (χ4v) is 2.77. The summed E-state index contributed by atoms with van der Waals surface area (Å²) in [5.41, 5.74) is 9.03. The van der Waals surface area contributed by atoms with Crippen LogP contribution in [-0.2, 0) is 6.67 Å². The molecule has 17 heavy (non-hydrogen) atoms. The molecule has 2 atom stereocenters. The molecular weight excluding hydrogens is 215 g/mol. The molecule has 0 aliphatic carbocycles. The van der Waals surface area contributed by atoms with Crippen LogP contribution in [0.4, 0.5) is 4.39 Å². The maximum absolute atomic E-state index is 12.7. The van der Waals surface area contributed by atoms with Gasteiger partial charge in [-0.15, -0.1) is 0 Å². The molecule has 0 aromatic heterocycles. The second-order valence-electron chi connectivity index (χ2n) is 5.12. The number of hydrogen-bond acceptors (Lipinski definition) is 2. The second-order valence-corrected chi connectivity index (χ2v) is 5.12. The van der Waals surface area contributed by atoms with Crippen LogP contribution in [0.3, 0.4) is 0 Å². The molecule has 0 saturated carbocycles. The molecule has 1 aromatic rings. The van der Waals surface area contributed by atoms with Gasteiger partial charge in [-0.2, -0.15) is 0 Å². The molecule has 0 spiro atoms. The monoisotopic (exact) mass is 236 g/mol. The van der Waals surface area contributed by atoms with Crippen molar-refractivity contribution in [3.63, 3.8) is 0 Å². The minimum atomic E-state index is -0.385. The Morgan fingerprint density at radius 3 is 2.82 bits per heavy atom. The zero-order valence-electron chi connectivity index (χ0n) is 10.6. The molecule has 1 aromatic carbocycles.